The first kappa shape index (κ1) is 10.3. The van der Waals surface area contributed by atoms with Gasteiger partial charge in [0, 0.05) is 13.0 Å². The average molecular weight is 215 g/mol. The van der Waals surface area contributed by atoms with E-state index in [1.807, 2.05) is 6.07 Å². The van der Waals surface area contributed by atoms with Gasteiger partial charge in [-0.25, -0.2) is 4.98 Å². The summed E-state index contributed by atoms with van der Waals surface area (Å²) < 4.78 is 0. The third-order valence-electron chi connectivity index (χ3n) is 2.49. The highest BCUT2D eigenvalue weighted by Crippen LogP contribution is 2.17. The van der Waals surface area contributed by atoms with Gasteiger partial charge in [0.15, 0.2) is 12.1 Å². The van der Waals surface area contributed by atoms with E-state index < -0.39 is 0 Å². The lowest BCUT2D eigenvalue weighted by molar-refractivity contribution is -0.116. The summed E-state index contributed by atoms with van der Waals surface area (Å²) in [6.45, 7) is 0.952. The Bertz CT molecular complexity index is 490. The van der Waals surface area contributed by atoms with E-state index >= 15 is 0 Å². The first-order valence-corrected chi connectivity index (χ1v) is 4.87. The number of carbonyl (C=O) groups is 2. The zero-order valence-corrected chi connectivity index (χ0v) is 8.51. The topological polar surface area (TPSA) is 74.1 Å². The fraction of sp³-hybridized carbons (Fsp3) is 0.273. The number of anilines is 1. The second kappa shape index (κ2) is 4.11. The molecule has 2 rings (SSSR count). The van der Waals surface area contributed by atoms with Gasteiger partial charge in [0.05, 0.1) is 12.1 Å². The van der Waals surface area contributed by atoms with Gasteiger partial charge >= 0.3 is 0 Å². The largest absolute Gasteiger partial charge is 0.349 e. The number of carbonyl (C=O) groups excluding carboxylic acids is 2. The zero-order chi connectivity index (χ0) is 11.5. The van der Waals surface area contributed by atoms with E-state index in [9.17, 15) is 9.59 Å². The molecule has 80 valence electrons. The van der Waals surface area contributed by atoms with Crippen LogP contribution in [-0.4, -0.2) is 30.1 Å². The highest BCUT2D eigenvalue weighted by atomic mass is 16.1. The smallest absolute Gasteiger partial charge is 0.169 e. The molecule has 5 heteroatoms. The third-order valence-corrected chi connectivity index (χ3v) is 2.49. The van der Waals surface area contributed by atoms with E-state index in [0.717, 1.165) is 0 Å². The van der Waals surface area contributed by atoms with Crippen molar-refractivity contribution in [1.29, 1.82) is 5.26 Å². The van der Waals surface area contributed by atoms with Crippen LogP contribution >= 0.6 is 0 Å². The summed E-state index contributed by atoms with van der Waals surface area (Å²) >= 11 is 0. The van der Waals surface area contributed by atoms with Crippen LogP contribution in [0.25, 0.3) is 0 Å². The summed E-state index contributed by atoms with van der Waals surface area (Å²) in [7, 11) is 0. The number of aldehydes is 1. The van der Waals surface area contributed by atoms with Crippen molar-refractivity contribution < 1.29 is 9.59 Å². The number of hydrogen-bond acceptors (Lipinski definition) is 5. The van der Waals surface area contributed by atoms with Crippen LogP contribution in [0.1, 0.15) is 22.5 Å². The predicted octanol–water partition coefficient (Wildman–Crippen LogP) is 0.545. The van der Waals surface area contributed by atoms with Crippen LogP contribution in [0, 0.1) is 11.3 Å². The summed E-state index contributed by atoms with van der Waals surface area (Å²) in [5.74, 6) is 0.741. The van der Waals surface area contributed by atoms with Crippen LogP contribution < -0.4 is 4.90 Å². The molecule has 0 radical (unpaired) electrons. The van der Waals surface area contributed by atoms with Crippen molar-refractivity contribution >= 4 is 17.9 Å². The minimum atomic E-state index is 0.124. The lowest BCUT2D eigenvalue weighted by atomic mass is 10.2. The molecule has 0 bridgehead atoms. The van der Waals surface area contributed by atoms with Crippen LogP contribution in [0.5, 0.6) is 0 Å². The van der Waals surface area contributed by atoms with Crippen molar-refractivity contribution in [3.8, 4) is 6.07 Å². The predicted molar refractivity (Wildman–Crippen MR) is 56.2 cm³/mol. The Morgan fingerprint density at radius 3 is 2.88 bits per heavy atom. The molecule has 1 aromatic rings. The van der Waals surface area contributed by atoms with Gasteiger partial charge in [0.2, 0.25) is 0 Å². The third kappa shape index (κ3) is 1.77. The molecule has 0 unspecified atom stereocenters. The van der Waals surface area contributed by atoms with Crippen LogP contribution in [-0.2, 0) is 4.79 Å². The molecular weight excluding hydrogens is 206 g/mol. The number of ketones is 1. The van der Waals surface area contributed by atoms with Gasteiger partial charge in [-0.3, -0.25) is 9.59 Å². The summed E-state index contributed by atoms with van der Waals surface area (Å²) in [6.07, 6.45) is 1.07. The van der Waals surface area contributed by atoms with Crippen molar-refractivity contribution in [3.63, 3.8) is 0 Å². The first-order valence-electron chi connectivity index (χ1n) is 4.87. The minimum Gasteiger partial charge on any atom is -0.349 e. The van der Waals surface area contributed by atoms with Crippen molar-refractivity contribution in [2.75, 3.05) is 18.0 Å². The standard InChI is InChI=1S/C11H9N3O2/c12-5-8-1-2-11(13-10(8)7-15)14-4-3-9(16)6-14/h1-2,7H,3-4,6H2. The van der Waals surface area contributed by atoms with Crippen molar-refractivity contribution in [3.05, 3.63) is 23.4 Å². The van der Waals surface area contributed by atoms with E-state index in [-0.39, 0.29) is 17.0 Å². The Morgan fingerprint density at radius 1 is 1.50 bits per heavy atom. The van der Waals surface area contributed by atoms with E-state index in [1.165, 1.54) is 0 Å². The number of nitriles is 1. The van der Waals surface area contributed by atoms with Crippen molar-refractivity contribution in [1.82, 2.24) is 4.98 Å². The Hall–Kier alpha value is -2.22. The van der Waals surface area contributed by atoms with E-state index in [0.29, 0.717) is 31.6 Å². The number of pyridine rings is 1. The summed E-state index contributed by atoms with van der Waals surface area (Å²) in [4.78, 5) is 27.7. The Balaban J connectivity index is 2.33. The van der Waals surface area contributed by atoms with Gasteiger partial charge in [-0.2, -0.15) is 5.26 Å². The van der Waals surface area contributed by atoms with Gasteiger partial charge in [0.1, 0.15) is 17.6 Å². The SMILES string of the molecule is N#Cc1ccc(N2CCC(=O)C2)nc1C=O. The quantitative estimate of drug-likeness (QED) is 0.673. The van der Waals surface area contributed by atoms with Crippen LogP contribution in [0.15, 0.2) is 12.1 Å². The number of nitrogens with zero attached hydrogens (tertiary/aromatic N) is 3. The zero-order valence-electron chi connectivity index (χ0n) is 8.51. The fourth-order valence-corrected chi connectivity index (χ4v) is 1.65. The van der Waals surface area contributed by atoms with Crippen molar-refractivity contribution in [2.24, 2.45) is 0 Å². The van der Waals surface area contributed by atoms with E-state index in [1.54, 1.807) is 17.0 Å². The molecule has 16 heavy (non-hydrogen) atoms. The van der Waals surface area contributed by atoms with Gasteiger partial charge in [-0.1, -0.05) is 0 Å². The molecule has 0 spiro atoms. The molecule has 0 aromatic carbocycles. The molecule has 2 heterocycles. The fourth-order valence-electron chi connectivity index (χ4n) is 1.65. The molecule has 0 atom stereocenters. The number of Topliss-reactive ketones (excluding diaryl/α,β-unsaturated/α-hetero) is 1. The minimum absolute atomic E-state index is 0.124. The summed E-state index contributed by atoms with van der Waals surface area (Å²) in [6, 6.07) is 5.10. The summed E-state index contributed by atoms with van der Waals surface area (Å²) in [5, 5.41) is 8.73. The van der Waals surface area contributed by atoms with Gasteiger partial charge in [-0.15, -0.1) is 0 Å². The molecule has 1 aromatic heterocycles. The van der Waals surface area contributed by atoms with Crippen LogP contribution in [0.2, 0.25) is 0 Å². The Kier molecular flexibility index (Phi) is 2.64. The normalized spacial score (nSPS) is 14.9. The second-order valence-corrected chi connectivity index (χ2v) is 3.54. The second-order valence-electron chi connectivity index (χ2n) is 3.54. The van der Waals surface area contributed by atoms with Crippen LogP contribution in [0.4, 0.5) is 5.82 Å². The number of aromatic nitrogens is 1. The van der Waals surface area contributed by atoms with E-state index in [4.69, 9.17) is 5.26 Å². The lowest BCUT2D eigenvalue weighted by Crippen LogP contribution is -2.21. The molecule has 1 fully saturated rings. The highest BCUT2D eigenvalue weighted by molar-refractivity contribution is 5.87. The van der Waals surface area contributed by atoms with Gasteiger partial charge in [-0.05, 0) is 12.1 Å². The maximum absolute atomic E-state index is 11.1. The molecule has 0 N–H and O–H groups in total. The molecule has 5 nitrogen and oxygen atoms in total. The molecular formula is C11H9N3O2. The van der Waals surface area contributed by atoms with Crippen molar-refractivity contribution in [2.45, 2.75) is 6.42 Å². The van der Waals surface area contributed by atoms with Gasteiger partial charge < -0.3 is 4.90 Å². The monoisotopic (exact) mass is 215 g/mol. The number of hydrogen-bond donors (Lipinski definition) is 0. The maximum Gasteiger partial charge on any atom is 0.169 e. The van der Waals surface area contributed by atoms with E-state index in [2.05, 4.69) is 4.98 Å². The lowest BCUT2D eigenvalue weighted by Gasteiger charge is -2.15. The average Bonchev–Trinajstić information content (AvgIpc) is 2.75. The highest BCUT2D eigenvalue weighted by Gasteiger charge is 2.21. The first-order chi connectivity index (χ1) is 7.74. The van der Waals surface area contributed by atoms with Crippen LogP contribution in [0.3, 0.4) is 0 Å². The Labute approximate surface area is 92.3 Å². The number of rotatable bonds is 2. The molecule has 1 aliphatic heterocycles. The molecule has 0 aliphatic carbocycles. The maximum atomic E-state index is 11.1. The van der Waals surface area contributed by atoms with Gasteiger partial charge in [0.25, 0.3) is 0 Å². The molecule has 1 aliphatic rings. The Morgan fingerprint density at radius 2 is 2.31 bits per heavy atom. The molecule has 0 amide bonds. The summed E-state index contributed by atoms with van der Waals surface area (Å²) in [5.41, 5.74) is 0.378. The molecule has 1 saturated heterocycles. The molecule has 0 saturated carbocycles.